The number of benzene rings is 1. The largest absolute Gasteiger partial charge is 0.355 e. The van der Waals surface area contributed by atoms with E-state index in [0.717, 1.165) is 24.9 Å². The molecule has 0 bridgehead atoms. The maximum atomic E-state index is 13.1. The van der Waals surface area contributed by atoms with Gasteiger partial charge in [0.2, 0.25) is 11.8 Å². The monoisotopic (exact) mass is 387 g/mol. The molecule has 156 valence electrons. The zero-order valence-electron chi connectivity index (χ0n) is 18.4. The van der Waals surface area contributed by atoms with E-state index >= 15 is 0 Å². The Morgan fingerprint density at radius 3 is 2.18 bits per heavy atom. The second kappa shape index (κ2) is 9.08. The number of piperidine rings is 1. The lowest BCUT2D eigenvalue weighted by molar-refractivity contribution is -0.139. The summed E-state index contributed by atoms with van der Waals surface area (Å²) in [6.07, 6.45) is 1.47. The number of hydrogen-bond acceptors (Lipinski definition) is 3. The first-order chi connectivity index (χ1) is 13.0. The Bertz CT molecular complexity index is 660. The van der Waals surface area contributed by atoms with E-state index in [4.69, 9.17) is 0 Å². The van der Waals surface area contributed by atoms with E-state index < -0.39 is 5.41 Å². The highest BCUT2D eigenvalue weighted by atomic mass is 16.2. The Morgan fingerprint density at radius 2 is 1.64 bits per heavy atom. The number of likely N-dealkylation sites (tertiary alicyclic amines) is 1. The number of nitrogens with one attached hydrogen (secondary N) is 1. The molecule has 0 saturated carbocycles. The fraction of sp³-hybridized carbons (Fsp3) is 0.652. The van der Waals surface area contributed by atoms with Gasteiger partial charge in [-0.25, -0.2) is 0 Å². The molecule has 2 rings (SSSR count). The van der Waals surface area contributed by atoms with E-state index in [1.54, 1.807) is 0 Å². The first-order valence-electron chi connectivity index (χ1n) is 10.3. The van der Waals surface area contributed by atoms with Gasteiger partial charge in [-0.3, -0.25) is 9.59 Å². The zero-order chi connectivity index (χ0) is 20.9. The van der Waals surface area contributed by atoms with Crippen molar-refractivity contribution in [2.24, 2.45) is 11.3 Å². The number of hydrogen-bond donors (Lipinski definition) is 1. The molecular formula is C23H37N3O2. The smallest absolute Gasteiger partial charge is 0.232 e. The lowest BCUT2D eigenvalue weighted by atomic mass is 9.82. The third-order valence-electron chi connectivity index (χ3n) is 5.67. The van der Waals surface area contributed by atoms with Crippen LogP contribution in [0, 0.1) is 11.3 Å². The van der Waals surface area contributed by atoms with Crippen molar-refractivity contribution in [2.45, 2.75) is 46.0 Å². The molecule has 1 aliphatic rings. The van der Waals surface area contributed by atoms with E-state index in [-0.39, 0.29) is 23.1 Å². The molecule has 1 saturated heterocycles. The van der Waals surface area contributed by atoms with Gasteiger partial charge in [-0.2, -0.15) is 0 Å². The lowest BCUT2D eigenvalue weighted by Crippen LogP contribution is -2.49. The van der Waals surface area contributed by atoms with Crippen molar-refractivity contribution in [3.63, 3.8) is 0 Å². The van der Waals surface area contributed by atoms with Crippen molar-refractivity contribution < 1.29 is 9.59 Å². The first-order valence-corrected chi connectivity index (χ1v) is 10.3. The fourth-order valence-corrected chi connectivity index (χ4v) is 4.10. The molecule has 1 N–H and O–H groups in total. The average Bonchev–Trinajstić information content (AvgIpc) is 2.65. The minimum atomic E-state index is -0.549. The maximum Gasteiger partial charge on any atom is 0.232 e. The highest BCUT2D eigenvalue weighted by Crippen LogP contribution is 2.28. The molecule has 0 spiro atoms. The Kier molecular flexibility index (Phi) is 7.27. The second-order valence-electron chi connectivity index (χ2n) is 9.68. The van der Waals surface area contributed by atoms with Crippen LogP contribution in [0.25, 0.3) is 0 Å². The van der Waals surface area contributed by atoms with E-state index in [1.807, 2.05) is 63.2 Å². The lowest BCUT2D eigenvalue weighted by Gasteiger charge is -2.37. The van der Waals surface area contributed by atoms with Crippen molar-refractivity contribution in [2.75, 3.05) is 40.3 Å². The molecule has 0 unspecified atom stereocenters. The van der Waals surface area contributed by atoms with Gasteiger partial charge in [-0.05, 0) is 51.8 Å². The van der Waals surface area contributed by atoms with E-state index in [9.17, 15) is 9.59 Å². The van der Waals surface area contributed by atoms with Crippen LogP contribution in [0.15, 0.2) is 30.3 Å². The summed E-state index contributed by atoms with van der Waals surface area (Å²) in [5.74, 6) is 0.268. The Balaban J connectivity index is 1.86. The van der Waals surface area contributed by atoms with Crippen LogP contribution < -0.4 is 5.32 Å². The van der Waals surface area contributed by atoms with Gasteiger partial charge in [-0.1, -0.05) is 44.2 Å². The van der Waals surface area contributed by atoms with Gasteiger partial charge >= 0.3 is 0 Å². The molecule has 1 heterocycles. The SMILES string of the molecule is CN(C)CC(C)(C)CNC(=O)C1CCN(C(=O)C(C)(C)c2ccccc2)CC1. The van der Waals surface area contributed by atoms with Crippen molar-refractivity contribution in [1.82, 2.24) is 15.1 Å². The molecule has 1 aliphatic heterocycles. The topological polar surface area (TPSA) is 52.7 Å². The van der Waals surface area contributed by atoms with Crippen LogP contribution >= 0.6 is 0 Å². The third-order valence-corrected chi connectivity index (χ3v) is 5.67. The van der Waals surface area contributed by atoms with Gasteiger partial charge in [0.1, 0.15) is 0 Å². The molecule has 0 aliphatic carbocycles. The Labute approximate surface area is 170 Å². The highest BCUT2D eigenvalue weighted by Gasteiger charge is 2.36. The number of nitrogens with zero attached hydrogens (tertiary/aromatic N) is 2. The molecule has 0 aromatic heterocycles. The standard InChI is InChI=1S/C23H37N3O2/c1-22(2,17-25(5)6)16-24-20(27)18-12-14-26(15-13-18)21(28)23(3,4)19-10-8-7-9-11-19/h7-11,18H,12-17H2,1-6H3,(H,24,27). The number of carbonyl (C=O) groups excluding carboxylic acids is 2. The van der Waals surface area contributed by atoms with Crippen molar-refractivity contribution in [3.8, 4) is 0 Å². The third kappa shape index (κ3) is 5.81. The summed E-state index contributed by atoms with van der Waals surface area (Å²) in [5.41, 5.74) is 0.519. The van der Waals surface area contributed by atoms with E-state index in [1.165, 1.54) is 0 Å². The molecule has 0 radical (unpaired) electrons. The van der Waals surface area contributed by atoms with Crippen LogP contribution in [0.4, 0.5) is 0 Å². The number of carbonyl (C=O) groups is 2. The van der Waals surface area contributed by atoms with Crippen LogP contribution in [0.1, 0.15) is 46.1 Å². The predicted molar refractivity (Wildman–Crippen MR) is 114 cm³/mol. The highest BCUT2D eigenvalue weighted by molar-refractivity contribution is 5.87. The predicted octanol–water partition coefficient (Wildman–Crippen LogP) is 2.91. The minimum Gasteiger partial charge on any atom is -0.355 e. The van der Waals surface area contributed by atoms with Crippen LogP contribution in [0.2, 0.25) is 0 Å². The molecule has 2 amide bonds. The Morgan fingerprint density at radius 1 is 1.07 bits per heavy atom. The Hall–Kier alpha value is -1.88. The van der Waals surface area contributed by atoms with Crippen LogP contribution in [-0.4, -0.2) is 61.9 Å². The maximum absolute atomic E-state index is 13.1. The molecular weight excluding hydrogens is 350 g/mol. The van der Waals surface area contributed by atoms with Crippen LogP contribution in [0.3, 0.4) is 0 Å². The quantitative estimate of drug-likeness (QED) is 0.783. The van der Waals surface area contributed by atoms with Gasteiger partial charge < -0.3 is 15.1 Å². The summed E-state index contributed by atoms with van der Waals surface area (Å²) >= 11 is 0. The van der Waals surface area contributed by atoms with Crippen molar-refractivity contribution in [3.05, 3.63) is 35.9 Å². The second-order valence-corrected chi connectivity index (χ2v) is 9.68. The normalized spacial score (nSPS) is 16.3. The summed E-state index contributed by atoms with van der Waals surface area (Å²) in [6, 6.07) is 9.92. The van der Waals surface area contributed by atoms with E-state index in [2.05, 4.69) is 24.1 Å². The molecule has 28 heavy (non-hydrogen) atoms. The molecule has 1 aromatic rings. The van der Waals surface area contributed by atoms with Gasteiger partial charge in [0.25, 0.3) is 0 Å². The van der Waals surface area contributed by atoms with Gasteiger partial charge in [0.15, 0.2) is 0 Å². The van der Waals surface area contributed by atoms with Crippen molar-refractivity contribution in [1.29, 1.82) is 0 Å². The van der Waals surface area contributed by atoms with Gasteiger partial charge in [-0.15, -0.1) is 0 Å². The number of rotatable bonds is 7. The molecule has 1 fully saturated rings. The van der Waals surface area contributed by atoms with Crippen molar-refractivity contribution >= 4 is 11.8 Å². The number of amides is 2. The van der Waals surface area contributed by atoms with Gasteiger partial charge in [0, 0.05) is 32.1 Å². The molecule has 0 atom stereocenters. The molecule has 1 aromatic carbocycles. The van der Waals surface area contributed by atoms with Gasteiger partial charge in [0.05, 0.1) is 5.41 Å². The molecule has 5 heteroatoms. The average molecular weight is 388 g/mol. The van der Waals surface area contributed by atoms with E-state index in [0.29, 0.717) is 19.6 Å². The zero-order valence-corrected chi connectivity index (χ0v) is 18.4. The van der Waals surface area contributed by atoms with Crippen LogP contribution in [0.5, 0.6) is 0 Å². The molecule has 5 nitrogen and oxygen atoms in total. The fourth-order valence-electron chi connectivity index (χ4n) is 4.10. The minimum absolute atomic E-state index is 0.000886. The summed E-state index contributed by atoms with van der Waals surface area (Å²) in [5, 5.41) is 3.13. The summed E-state index contributed by atoms with van der Waals surface area (Å²) < 4.78 is 0. The summed E-state index contributed by atoms with van der Waals surface area (Å²) in [6.45, 7) is 11.2. The van der Waals surface area contributed by atoms with Crippen LogP contribution in [-0.2, 0) is 15.0 Å². The summed E-state index contributed by atoms with van der Waals surface area (Å²) in [4.78, 5) is 29.7. The summed E-state index contributed by atoms with van der Waals surface area (Å²) in [7, 11) is 4.10. The first kappa shape index (κ1) is 22.4.